The molecule has 0 bridgehead atoms. The summed E-state index contributed by atoms with van der Waals surface area (Å²) in [5.74, 6) is 0.200. The second kappa shape index (κ2) is 6.86. The molecule has 0 aliphatic heterocycles. The predicted octanol–water partition coefficient (Wildman–Crippen LogP) is 1.01. The number of amides is 1. The van der Waals surface area contributed by atoms with Crippen LogP contribution >= 0.6 is 0 Å². The van der Waals surface area contributed by atoms with E-state index in [2.05, 4.69) is 5.32 Å². The normalized spacial score (nSPS) is 24.7. The van der Waals surface area contributed by atoms with E-state index >= 15 is 0 Å². The minimum Gasteiger partial charge on any atom is -0.381 e. The van der Waals surface area contributed by atoms with Crippen LogP contribution in [-0.4, -0.2) is 49.7 Å². The molecule has 2 unspecified atom stereocenters. The molecule has 2 atom stereocenters. The molecule has 0 aromatic heterocycles. The average molecular weight is 228 g/mol. The molecule has 4 heteroatoms. The van der Waals surface area contributed by atoms with Crippen LogP contribution in [0.25, 0.3) is 0 Å². The number of hydrogen-bond donors (Lipinski definition) is 1. The number of nitrogens with zero attached hydrogens (tertiary/aromatic N) is 1. The quantitative estimate of drug-likeness (QED) is 0.738. The fourth-order valence-electron chi connectivity index (χ4n) is 2.26. The van der Waals surface area contributed by atoms with Gasteiger partial charge >= 0.3 is 0 Å². The van der Waals surface area contributed by atoms with Crippen LogP contribution in [0.5, 0.6) is 0 Å². The maximum Gasteiger partial charge on any atom is 0.236 e. The molecular weight excluding hydrogens is 204 g/mol. The number of carbonyl (C=O) groups excluding carboxylic acids is 1. The van der Waals surface area contributed by atoms with E-state index in [1.807, 2.05) is 18.7 Å². The average Bonchev–Trinajstić information content (AvgIpc) is 2.76. The van der Waals surface area contributed by atoms with Gasteiger partial charge in [-0.25, -0.2) is 0 Å². The molecule has 0 heterocycles. The number of hydrogen-bond acceptors (Lipinski definition) is 3. The summed E-state index contributed by atoms with van der Waals surface area (Å²) in [5, 5.41) is 3.32. The van der Waals surface area contributed by atoms with E-state index in [4.69, 9.17) is 4.74 Å². The number of carbonyl (C=O) groups is 1. The molecule has 94 valence electrons. The number of nitrogens with one attached hydrogen (secondary N) is 1. The van der Waals surface area contributed by atoms with Crippen molar-refractivity contribution in [1.82, 2.24) is 10.2 Å². The fourth-order valence-corrected chi connectivity index (χ4v) is 2.26. The van der Waals surface area contributed by atoms with Crippen LogP contribution in [0.3, 0.4) is 0 Å². The maximum atomic E-state index is 11.7. The molecule has 16 heavy (non-hydrogen) atoms. The van der Waals surface area contributed by atoms with E-state index < -0.39 is 0 Å². The summed E-state index contributed by atoms with van der Waals surface area (Å²) in [5.41, 5.74) is 0. The lowest BCUT2D eigenvalue weighted by molar-refractivity contribution is -0.130. The van der Waals surface area contributed by atoms with E-state index in [9.17, 15) is 4.79 Å². The summed E-state index contributed by atoms with van der Waals surface area (Å²) in [7, 11) is 1.76. The first-order chi connectivity index (χ1) is 7.71. The van der Waals surface area contributed by atoms with Crippen molar-refractivity contribution in [2.75, 3.05) is 26.7 Å². The second-order valence-corrected chi connectivity index (χ2v) is 4.31. The lowest BCUT2D eigenvalue weighted by Gasteiger charge is -2.20. The van der Waals surface area contributed by atoms with E-state index in [0.717, 1.165) is 32.4 Å². The predicted molar refractivity (Wildman–Crippen MR) is 64.4 cm³/mol. The summed E-state index contributed by atoms with van der Waals surface area (Å²) >= 11 is 0. The van der Waals surface area contributed by atoms with Gasteiger partial charge in [0.2, 0.25) is 5.91 Å². The van der Waals surface area contributed by atoms with Gasteiger partial charge in [0, 0.05) is 26.2 Å². The van der Waals surface area contributed by atoms with E-state index in [1.165, 1.54) is 0 Å². The van der Waals surface area contributed by atoms with Crippen LogP contribution in [0.15, 0.2) is 0 Å². The van der Waals surface area contributed by atoms with Crippen molar-refractivity contribution >= 4 is 5.91 Å². The van der Waals surface area contributed by atoms with Crippen molar-refractivity contribution < 1.29 is 9.53 Å². The van der Waals surface area contributed by atoms with Crippen molar-refractivity contribution in [3.63, 3.8) is 0 Å². The Balaban J connectivity index is 2.22. The van der Waals surface area contributed by atoms with Gasteiger partial charge in [-0.2, -0.15) is 0 Å². The smallest absolute Gasteiger partial charge is 0.236 e. The van der Waals surface area contributed by atoms with Crippen LogP contribution in [0.2, 0.25) is 0 Å². The Morgan fingerprint density at radius 1 is 1.38 bits per heavy atom. The third-order valence-electron chi connectivity index (χ3n) is 3.38. The number of rotatable bonds is 6. The Kier molecular flexibility index (Phi) is 5.77. The standard InChI is InChI=1S/C12H24N2O2/c1-4-14(5-2)12(15)9-13-10-6-7-11(8-10)16-3/h10-11,13H,4-9H2,1-3H3. The molecule has 0 aromatic carbocycles. The number of ether oxygens (including phenoxy) is 1. The molecule has 4 nitrogen and oxygen atoms in total. The summed E-state index contributed by atoms with van der Waals surface area (Å²) < 4.78 is 5.30. The van der Waals surface area contributed by atoms with Gasteiger partial charge in [0.05, 0.1) is 12.6 Å². The van der Waals surface area contributed by atoms with E-state index in [0.29, 0.717) is 18.7 Å². The zero-order chi connectivity index (χ0) is 12.0. The Hall–Kier alpha value is -0.610. The number of methoxy groups -OCH3 is 1. The molecule has 0 saturated heterocycles. The van der Waals surface area contributed by atoms with Gasteiger partial charge in [0.25, 0.3) is 0 Å². The Labute approximate surface area is 98.3 Å². The highest BCUT2D eigenvalue weighted by Gasteiger charge is 2.24. The van der Waals surface area contributed by atoms with E-state index in [-0.39, 0.29) is 5.91 Å². The number of likely N-dealkylation sites (N-methyl/N-ethyl adjacent to an activating group) is 1. The van der Waals surface area contributed by atoms with Gasteiger partial charge in [-0.15, -0.1) is 0 Å². The molecule has 1 N–H and O–H groups in total. The zero-order valence-electron chi connectivity index (χ0n) is 10.7. The van der Waals surface area contributed by atoms with Crippen LogP contribution in [-0.2, 0) is 9.53 Å². The van der Waals surface area contributed by atoms with Gasteiger partial charge in [-0.3, -0.25) is 4.79 Å². The van der Waals surface area contributed by atoms with Gasteiger partial charge in [0.15, 0.2) is 0 Å². The second-order valence-electron chi connectivity index (χ2n) is 4.31. The summed E-state index contributed by atoms with van der Waals surface area (Å²) in [6.07, 6.45) is 3.63. The molecule has 1 aliphatic rings. The summed E-state index contributed by atoms with van der Waals surface area (Å²) in [6, 6.07) is 0.449. The highest BCUT2D eigenvalue weighted by Crippen LogP contribution is 2.21. The van der Waals surface area contributed by atoms with Crippen molar-refractivity contribution in [3.8, 4) is 0 Å². The van der Waals surface area contributed by atoms with Crippen LogP contribution in [0, 0.1) is 0 Å². The van der Waals surface area contributed by atoms with Crippen molar-refractivity contribution in [3.05, 3.63) is 0 Å². The molecule has 1 fully saturated rings. The topological polar surface area (TPSA) is 41.6 Å². The Morgan fingerprint density at radius 3 is 2.56 bits per heavy atom. The van der Waals surface area contributed by atoms with Gasteiger partial charge in [-0.1, -0.05) is 0 Å². The summed E-state index contributed by atoms with van der Waals surface area (Å²) in [6.45, 7) is 6.07. The highest BCUT2D eigenvalue weighted by atomic mass is 16.5. The van der Waals surface area contributed by atoms with E-state index in [1.54, 1.807) is 7.11 Å². The first kappa shape index (κ1) is 13.5. The molecule has 0 aromatic rings. The van der Waals surface area contributed by atoms with Crippen molar-refractivity contribution in [1.29, 1.82) is 0 Å². The van der Waals surface area contributed by atoms with Gasteiger partial charge in [-0.05, 0) is 33.1 Å². The Morgan fingerprint density at radius 2 is 2.06 bits per heavy atom. The third kappa shape index (κ3) is 3.76. The first-order valence-electron chi connectivity index (χ1n) is 6.25. The molecule has 0 spiro atoms. The lowest BCUT2D eigenvalue weighted by atomic mass is 10.2. The first-order valence-corrected chi connectivity index (χ1v) is 6.25. The van der Waals surface area contributed by atoms with Crippen LogP contribution in [0.4, 0.5) is 0 Å². The van der Waals surface area contributed by atoms with Gasteiger partial charge < -0.3 is 15.0 Å². The lowest BCUT2D eigenvalue weighted by Crippen LogP contribution is -2.41. The molecule has 1 rings (SSSR count). The Bertz CT molecular complexity index is 217. The maximum absolute atomic E-state index is 11.7. The molecule has 0 radical (unpaired) electrons. The molecule has 1 saturated carbocycles. The zero-order valence-corrected chi connectivity index (χ0v) is 10.7. The van der Waals surface area contributed by atoms with Crippen molar-refractivity contribution in [2.24, 2.45) is 0 Å². The SMILES string of the molecule is CCN(CC)C(=O)CNC1CCC(OC)C1. The molecule has 1 amide bonds. The minimum absolute atomic E-state index is 0.200. The third-order valence-corrected chi connectivity index (χ3v) is 3.38. The van der Waals surface area contributed by atoms with Crippen molar-refractivity contribution in [2.45, 2.75) is 45.3 Å². The molecular formula is C12H24N2O2. The monoisotopic (exact) mass is 228 g/mol. The summed E-state index contributed by atoms with van der Waals surface area (Å²) in [4.78, 5) is 13.6. The minimum atomic E-state index is 0.200. The highest BCUT2D eigenvalue weighted by molar-refractivity contribution is 5.78. The van der Waals surface area contributed by atoms with Crippen LogP contribution < -0.4 is 5.32 Å². The van der Waals surface area contributed by atoms with Gasteiger partial charge in [0.1, 0.15) is 0 Å². The largest absolute Gasteiger partial charge is 0.381 e. The molecule has 1 aliphatic carbocycles. The van der Waals surface area contributed by atoms with Crippen LogP contribution in [0.1, 0.15) is 33.1 Å². The fraction of sp³-hybridized carbons (Fsp3) is 0.917.